The Morgan fingerprint density at radius 1 is 1.39 bits per heavy atom. The van der Waals surface area contributed by atoms with E-state index in [0.29, 0.717) is 0 Å². The summed E-state index contributed by atoms with van der Waals surface area (Å²) < 4.78 is 19.4. The number of halogens is 1. The number of hydrogen-bond acceptors (Lipinski definition) is 4. The Hall–Kier alpha value is -2.11. The van der Waals surface area contributed by atoms with Crippen molar-refractivity contribution in [3.05, 3.63) is 40.5 Å². The fourth-order valence-electron chi connectivity index (χ4n) is 1.40. The molecule has 0 aliphatic carbocycles. The van der Waals surface area contributed by atoms with Gasteiger partial charge in [-0.2, -0.15) is 4.68 Å². The molecule has 96 valence electrons. The number of benzene rings is 1. The fraction of sp³-hybridized carbons (Fsp3) is 0.333. The second-order valence-corrected chi connectivity index (χ2v) is 4.97. The summed E-state index contributed by atoms with van der Waals surface area (Å²) in [5.41, 5.74) is -0.600. The maximum absolute atomic E-state index is 13.6. The molecule has 0 saturated carbocycles. The zero-order valence-electron chi connectivity index (χ0n) is 10.3. The van der Waals surface area contributed by atoms with Gasteiger partial charge in [-0.25, -0.2) is 9.18 Å². The molecule has 0 bridgehead atoms. The first-order valence-corrected chi connectivity index (χ1v) is 5.38. The Bertz CT molecular complexity index is 638. The van der Waals surface area contributed by atoms with E-state index in [-0.39, 0.29) is 17.3 Å². The van der Waals surface area contributed by atoms with Gasteiger partial charge in [0.25, 0.3) is 0 Å². The summed E-state index contributed by atoms with van der Waals surface area (Å²) in [5.74, 6) is -1.40. The first-order chi connectivity index (χ1) is 8.29. The quantitative estimate of drug-likeness (QED) is 0.842. The molecular weight excluding hydrogens is 239 g/mol. The van der Waals surface area contributed by atoms with Gasteiger partial charge >= 0.3 is 5.76 Å². The van der Waals surface area contributed by atoms with E-state index in [1.54, 1.807) is 0 Å². The van der Waals surface area contributed by atoms with E-state index in [0.717, 1.165) is 16.8 Å². The Morgan fingerprint density at radius 3 is 2.61 bits per heavy atom. The summed E-state index contributed by atoms with van der Waals surface area (Å²) >= 11 is 0. The zero-order chi connectivity index (χ0) is 13.5. The normalized spacial score (nSPS) is 11.8. The van der Waals surface area contributed by atoms with Gasteiger partial charge < -0.3 is 9.52 Å². The molecule has 2 rings (SSSR count). The number of aromatic nitrogens is 2. The first kappa shape index (κ1) is 12.3. The van der Waals surface area contributed by atoms with Gasteiger partial charge in [0, 0.05) is 11.5 Å². The Labute approximate surface area is 102 Å². The van der Waals surface area contributed by atoms with Crippen LogP contribution in [0.1, 0.15) is 26.7 Å². The van der Waals surface area contributed by atoms with Crippen molar-refractivity contribution in [1.29, 1.82) is 0 Å². The molecule has 1 heterocycles. The van der Waals surface area contributed by atoms with E-state index < -0.39 is 17.0 Å². The molecule has 1 aromatic heterocycles. The molecule has 0 spiro atoms. The molecule has 0 aliphatic rings. The minimum atomic E-state index is -0.788. The topological polar surface area (TPSA) is 68.3 Å². The molecule has 5 nitrogen and oxygen atoms in total. The van der Waals surface area contributed by atoms with Crippen LogP contribution in [0, 0.1) is 5.82 Å². The predicted octanol–water partition coefficient (Wildman–Crippen LogP) is 1.97. The molecule has 0 amide bonds. The third-order valence-electron chi connectivity index (χ3n) is 2.35. The molecule has 0 saturated heterocycles. The third-order valence-corrected chi connectivity index (χ3v) is 2.35. The van der Waals surface area contributed by atoms with Crippen molar-refractivity contribution in [2.24, 2.45) is 0 Å². The van der Waals surface area contributed by atoms with Gasteiger partial charge in [-0.1, -0.05) is 20.8 Å². The van der Waals surface area contributed by atoms with Crippen molar-refractivity contribution < 1.29 is 13.9 Å². The molecular formula is C12H13FN2O3. The highest BCUT2D eigenvalue weighted by molar-refractivity contribution is 5.38. The van der Waals surface area contributed by atoms with Gasteiger partial charge in [0.15, 0.2) is 0 Å². The smallest absolute Gasteiger partial charge is 0.442 e. The van der Waals surface area contributed by atoms with Crippen LogP contribution in [0.3, 0.4) is 0 Å². The van der Waals surface area contributed by atoms with Crippen molar-refractivity contribution >= 4 is 0 Å². The van der Waals surface area contributed by atoms with Crippen molar-refractivity contribution in [3.63, 3.8) is 0 Å². The third kappa shape index (κ3) is 2.13. The number of phenols is 1. The van der Waals surface area contributed by atoms with E-state index in [2.05, 4.69) is 5.10 Å². The summed E-state index contributed by atoms with van der Waals surface area (Å²) in [6.07, 6.45) is 0. The minimum Gasteiger partial charge on any atom is -0.508 e. The zero-order valence-corrected chi connectivity index (χ0v) is 10.3. The van der Waals surface area contributed by atoms with Crippen LogP contribution >= 0.6 is 0 Å². The van der Waals surface area contributed by atoms with Crippen LogP contribution in [0.25, 0.3) is 5.69 Å². The summed E-state index contributed by atoms with van der Waals surface area (Å²) in [6.45, 7) is 5.46. The lowest BCUT2D eigenvalue weighted by Crippen LogP contribution is -2.15. The van der Waals surface area contributed by atoms with Crippen LogP contribution in [0.5, 0.6) is 5.75 Å². The molecule has 0 radical (unpaired) electrons. The van der Waals surface area contributed by atoms with Crippen LogP contribution in [0.15, 0.2) is 27.4 Å². The summed E-state index contributed by atoms with van der Waals surface area (Å²) in [7, 11) is 0. The highest BCUT2D eigenvalue weighted by atomic mass is 19.1. The average Bonchev–Trinajstić information content (AvgIpc) is 2.64. The second kappa shape index (κ2) is 3.97. The fourth-order valence-corrected chi connectivity index (χ4v) is 1.40. The SMILES string of the molecule is CC(C)(C)c1nn(-c2cc(O)ccc2F)c(=O)o1. The largest absolute Gasteiger partial charge is 0.508 e. The van der Waals surface area contributed by atoms with Crippen LogP contribution in [-0.4, -0.2) is 14.9 Å². The lowest BCUT2D eigenvalue weighted by atomic mass is 9.97. The van der Waals surface area contributed by atoms with Crippen LogP contribution in [0.2, 0.25) is 0 Å². The molecule has 1 N–H and O–H groups in total. The molecule has 1 aromatic carbocycles. The Balaban J connectivity index is 2.62. The van der Waals surface area contributed by atoms with E-state index in [1.807, 2.05) is 20.8 Å². The lowest BCUT2D eigenvalue weighted by Gasteiger charge is -2.10. The highest BCUT2D eigenvalue weighted by Gasteiger charge is 2.23. The molecule has 0 aliphatic heterocycles. The van der Waals surface area contributed by atoms with Gasteiger partial charge in [0.1, 0.15) is 17.3 Å². The second-order valence-electron chi connectivity index (χ2n) is 4.97. The van der Waals surface area contributed by atoms with Crippen molar-refractivity contribution in [2.75, 3.05) is 0 Å². The first-order valence-electron chi connectivity index (χ1n) is 5.38. The average molecular weight is 252 g/mol. The molecule has 0 fully saturated rings. The molecule has 18 heavy (non-hydrogen) atoms. The van der Waals surface area contributed by atoms with E-state index in [4.69, 9.17) is 4.42 Å². The molecule has 0 unspecified atom stereocenters. The van der Waals surface area contributed by atoms with Crippen molar-refractivity contribution in [2.45, 2.75) is 26.2 Å². The van der Waals surface area contributed by atoms with Crippen LogP contribution < -0.4 is 5.76 Å². The van der Waals surface area contributed by atoms with E-state index in [1.165, 1.54) is 6.07 Å². The minimum absolute atomic E-state index is 0.140. The molecule has 6 heteroatoms. The maximum Gasteiger partial charge on any atom is 0.442 e. The predicted molar refractivity (Wildman–Crippen MR) is 62.4 cm³/mol. The number of phenolic OH excluding ortho intramolecular Hbond substituents is 1. The number of hydrogen-bond donors (Lipinski definition) is 1. The number of rotatable bonds is 1. The summed E-state index contributed by atoms with van der Waals surface area (Å²) in [5, 5.41) is 13.3. The number of aromatic hydroxyl groups is 1. The summed E-state index contributed by atoms with van der Waals surface area (Å²) in [4.78, 5) is 11.6. The van der Waals surface area contributed by atoms with E-state index >= 15 is 0 Å². The van der Waals surface area contributed by atoms with Gasteiger partial charge in [-0.3, -0.25) is 0 Å². The Kier molecular flexibility index (Phi) is 2.73. The lowest BCUT2D eigenvalue weighted by molar-refractivity contribution is 0.375. The monoisotopic (exact) mass is 252 g/mol. The highest BCUT2D eigenvalue weighted by Crippen LogP contribution is 2.21. The van der Waals surface area contributed by atoms with Crippen LogP contribution in [-0.2, 0) is 5.41 Å². The molecule has 2 aromatic rings. The molecule has 0 atom stereocenters. The van der Waals surface area contributed by atoms with Crippen molar-refractivity contribution in [1.82, 2.24) is 9.78 Å². The van der Waals surface area contributed by atoms with Crippen LogP contribution in [0.4, 0.5) is 4.39 Å². The van der Waals surface area contributed by atoms with E-state index in [9.17, 15) is 14.3 Å². The van der Waals surface area contributed by atoms with Gasteiger partial charge in [0.05, 0.1) is 0 Å². The van der Waals surface area contributed by atoms with Gasteiger partial charge in [0.2, 0.25) is 5.89 Å². The standard InChI is InChI=1S/C12H13FN2O3/c1-12(2,3)10-14-15(11(17)18-10)9-6-7(16)4-5-8(9)13/h4-6,16H,1-3H3. The summed E-state index contributed by atoms with van der Waals surface area (Å²) in [6, 6.07) is 3.36. The van der Waals surface area contributed by atoms with Crippen molar-refractivity contribution in [3.8, 4) is 11.4 Å². The van der Waals surface area contributed by atoms with Gasteiger partial charge in [-0.15, -0.1) is 5.10 Å². The number of nitrogens with zero attached hydrogens (tertiary/aromatic N) is 2. The maximum atomic E-state index is 13.6. The van der Waals surface area contributed by atoms with Gasteiger partial charge in [-0.05, 0) is 12.1 Å². The Morgan fingerprint density at radius 2 is 2.06 bits per heavy atom.